The van der Waals surface area contributed by atoms with Gasteiger partial charge in [0.15, 0.2) is 16.7 Å². The molecule has 0 aliphatic carbocycles. The van der Waals surface area contributed by atoms with Gasteiger partial charge < -0.3 is 21.0 Å². The number of rotatable bonds is 8. The Morgan fingerprint density at radius 1 is 1.45 bits per heavy atom. The first kappa shape index (κ1) is 23.1. The van der Waals surface area contributed by atoms with E-state index in [1.54, 1.807) is 10.9 Å². The summed E-state index contributed by atoms with van der Waals surface area (Å²) in [6, 6.07) is -3.56. The van der Waals surface area contributed by atoms with Crippen molar-refractivity contribution in [1.29, 1.82) is 0 Å². The molecule has 0 aromatic carbocycles. The fraction of sp³-hybridized carbons (Fsp3) is 0.529. The predicted octanol–water partition coefficient (Wildman–Crippen LogP) is -1.27. The molecule has 2 aliphatic rings. The Kier molecular flexibility index (Phi) is 6.64. The third-order valence-corrected chi connectivity index (χ3v) is 6.88. The van der Waals surface area contributed by atoms with Crippen molar-refractivity contribution in [3.8, 4) is 0 Å². The Hall–Kier alpha value is -2.55. The first-order valence-corrected chi connectivity index (χ1v) is 11.1. The first-order chi connectivity index (χ1) is 14.6. The van der Waals surface area contributed by atoms with Gasteiger partial charge in [-0.1, -0.05) is 0 Å². The van der Waals surface area contributed by atoms with E-state index in [1.807, 2.05) is 0 Å². The molecule has 0 radical (unpaired) electrons. The van der Waals surface area contributed by atoms with Crippen molar-refractivity contribution in [3.05, 3.63) is 16.6 Å². The van der Waals surface area contributed by atoms with E-state index in [0.717, 1.165) is 18.7 Å². The molecule has 0 saturated carbocycles. The summed E-state index contributed by atoms with van der Waals surface area (Å²) in [5.41, 5.74) is 13.6. The van der Waals surface area contributed by atoms with Crippen LogP contribution >= 0.6 is 23.1 Å². The summed E-state index contributed by atoms with van der Waals surface area (Å²) in [7, 11) is 0. The van der Waals surface area contributed by atoms with Gasteiger partial charge in [-0.25, -0.2) is 9.78 Å². The van der Waals surface area contributed by atoms with Crippen molar-refractivity contribution in [2.75, 3.05) is 5.75 Å². The van der Waals surface area contributed by atoms with Gasteiger partial charge in [-0.15, -0.1) is 28.2 Å². The number of primary amides is 1. The number of Topliss-reactive ketones (excluding diaryl/α,β-unsaturated/α-hetero) is 2. The van der Waals surface area contributed by atoms with Crippen LogP contribution in [0.3, 0.4) is 0 Å². The van der Waals surface area contributed by atoms with E-state index < -0.39 is 58.6 Å². The zero-order chi connectivity index (χ0) is 22.9. The van der Waals surface area contributed by atoms with Crippen molar-refractivity contribution in [2.24, 2.45) is 11.5 Å². The highest BCUT2D eigenvalue weighted by molar-refractivity contribution is 8.02. The minimum atomic E-state index is -2.00. The van der Waals surface area contributed by atoms with E-state index in [-0.39, 0.29) is 12.2 Å². The molecule has 2 aliphatic heterocycles. The number of carbonyl (C=O) groups is 5. The maximum Gasteiger partial charge on any atom is 0.444 e. The average molecular weight is 472 g/mol. The molecule has 14 heteroatoms. The van der Waals surface area contributed by atoms with Crippen LogP contribution in [0.5, 0.6) is 0 Å². The van der Waals surface area contributed by atoms with Crippen LogP contribution in [-0.4, -0.2) is 74.4 Å². The molecule has 1 aromatic heterocycles. The molecular formula is C17H21N5O7S2. The van der Waals surface area contributed by atoms with E-state index >= 15 is 0 Å². The number of ether oxygens (including phenoxy) is 1. The second-order valence-electron chi connectivity index (χ2n) is 7.05. The highest BCUT2D eigenvalue weighted by Gasteiger charge is 2.61. The summed E-state index contributed by atoms with van der Waals surface area (Å²) in [5.74, 6) is -3.13. The van der Waals surface area contributed by atoms with E-state index in [0.29, 0.717) is 10.8 Å². The lowest BCUT2D eigenvalue weighted by Crippen LogP contribution is -2.65. The third kappa shape index (κ3) is 4.42. The average Bonchev–Trinajstić information content (AvgIpc) is 3.41. The molecule has 168 valence electrons. The zero-order valence-corrected chi connectivity index (χ0v) is 18.2. The lowest BCUT2D eigenvalue weighted by molar-refractivity contribution is -0.180. The number of nitrogens with two attached hydrogens (primary N) is 2. The van der Waals surface area contributed by atoms with Crippen LogP contribution in [0, 0.1) is 0 Å². The van der Waals surface area contributed by atoms with Crippen LogP contribution in [0.2, 0.25) is 0 Å². The van der Waals surface area contributed by atoms with Gasteiger partial charge in [-0.05, 0) is 6.92 Å². The summed E-state index contributed by atoms with van der Waals surface area (Å²) in [4.78, 5) is 69.3. The van der Waals surface area contributed by atoms with Gasteiger partial charge in [0.1, 0.15) is 6.10 Å². The van der Waals surface area contributed by atoms with Crippen molar-refractivity contribution in [2.45, 2.75) is 49.4 Å². The number of carbonyl (C=O) groups excluding carboxylic acids is 5. The first-order valence-electron chi connectivity index (χ1n) is 9.17. The van der Waals surface area contributed by atoms with Crippen LogP contribution in [0.4, 0.5) is 4.79 Å². The Morgan fingerprint density at radius 2 is 2.16 bits per heavy atom. The third-order valence-electron chi connectivity index (χ3n) is 4.79. The maximum absolute atomic E-state index is 13.6. The van der Waals surface area contributed by atoms with Gasteiger partial charge in [0.25, 0.3) is 0 Å². The number of thiazole rings is 1. The van der Waals surface area contributed by atoms with Gasteiger partial charge in [-0.2, -0.15) is 0 Å². The largest absolute Gasteiger partial charge is 0.444 e. The van der Waals surface area contributed by atoms with Crippen LogP contribution < -0.4 is 16.8 Å². The molecule has 12 nitrogen and oxygen atoms in total. The van der Waals surface area contributed by atoms with E-state index in [1.165, 1.54) is 18.3 Å². The number of ketones is 2. The SMILES string of the molecule is CC(=O)ON1C(=O)OC(C)C1C(=O)C1(C(=O)[C@@H](N)Cc2cscn2)NC(C(N)=O)CS1. The minimum Gasteiger partial charge on any atom is -0.441 e. The second-order valence-corrected chi connectivity index (χ2v) is 9.01. The summed E-state index contributed by atoms with van der Waals surface area (Å²) < 4.78 is 5.02. The number of hydrogen-bond donors (Lipinski definition) is 3. The number of amides is 2. The van der Waals surface area contributed by atoms with E-state index in [9.17, 15) is 24.0 Å². The van der Waals surface area contributed by atoms with Gasteiger partial charge >= 0.3 is 12.1 Å². The molecule has 5 N–H and O–H groups in total. The molecule has 3 rings (SSSR count). The minimum absolute atomic E-state index is 0.0275. The lowest BCUT2D eigenvalue weighted by atomic mass is 9.92. The van der Waals surface area contributed by atoms with Gasteiger partial charge in [0.05, 0.1) is 23.3 Å². The highest BCUT2D eigenvalue weighted by Crippen LogP contribution is 2.37. The quantitative estimate of drug-likeness (QED) is 0.384. The normalized spacial score (nSPS) is 28.8. The predicted molar refractivity (Wildman–Crippen MR) is 108 cm³/mol. The smallest absolute Gasteiger partial charge is 0.441 e. The van der Waals surface area contributed by atoms with Crippen LogP contribution in [-0.2, 0) is 35.2 Å². The van der Waals surface area contributed by atoms with Crippen molar-refractivity contribution in [3.63, 3.8) is 0 Å². The topological polar surface area (TPSA) is 184 Å². The van der Waals surface area contributed by atoms with Crippen molar-refractivity contribution in [1.82, 2.24) is 15.4 Å². The van der Waals surface area contributed by atoms with Crippen LogP contribution in [0.15, 0.2) is 10.9 Å². The van der Waals surface area contributed by atoms with Crippen molar-refractivity contribution < 1.29 is 33.5 Å². The number of hydrogen-bond acceptors (Lipinski definition) is 12. The fourth-order valence-corrected chi connectivity index (χ4v) is 5.37. The number of aromatic nitrogens is 1. The Balaban J connectivity index is 1.95. The summed E-state index contributed by atoms with van der Waals surface area (Å²) in [5, 5.41) is 4.92. The lowest BCUT2D eigenvalue weighted by Gasteiger charge is -2.32. The number of thioether (sulfide) groups is 1. The summed E-state index contributed by atoms with van der Waals surface area (Å²) >= 11 is 2.18. The molecule has 1 aromatic rings. The molecule has 31 heavy (non-hydrogen) atoms. The monoisotopic (exact) mass is 471 g/mol. The molecule has 3 heterocycles. The zero-order valence-electron chi connectivity index (χ0n) is 16.6. The van der Waals surface area contributed by atoms with E-state index in [4.69, 9.17) is 21.0 Å². The fourth-order valence-electron chi connectivity index (χ4n) is 3.35. The molecule has 5 atom stereocenters. The van der Waals surface area contributed by atoms with Crippen LogP contribution in [0.25, 0.3) is 0 Å². The Morgan fingerprint density at radius 3 is 2.71 bits per heavy atom. The molecule has 2 amide bonds. The van der Waals surface area contributed by atoms with E-state index in [2.05, 4.69) is 10.3 Å². The summed E-state index contributed by atoms with van der Waals surface area (Å²) in [6.45, 7) is 2.47. The van der Waals surface area contributed by atoms with Crippen molar-refractivity contribution >= 4 is 52.6 Å². The Labute approximate surface area is 184 Å². The number of cyclic esters (lactones) is 1. The number of nitrogens with zero attached hydrogens (tertiary/aromatic N) is 2. The summed E-state index contributed by atoms with van der Waals surface area (Å²) in [6.07, 6.45) is -2.02. The Bertz CT molecular complexity index is 911. The number of hydroxylamine groups is 2. The van der Waals surface area contributed by atoms with Gasteiger partial charge in [-0.3, -0.25) is 24.5 Å². The van der Waals surface area contributed by atoms with Gasteiger partial charge in [0, 0.05) is 24.5 Å². The molecule has 0 spiro atoms. The molecule has 2 saturated heterocycles. The van der Waals surface area contributed by atoms with Gasteiger partial charge in [0.2, 0.25) is 11.7 Å². The number of nitrogens with one attached hydrogen (secondary N) is 1. The second kappa shape index (κ2) is 8.90. The molecule has 0 bridgehead atoms. The molecule has 2 fully saturated rings. The molecule has 4 unspecified atom stereocenters. The van der Waals surface area contributed by atoms with Crippen LogP contribution in [0.1, 0.15) is 19.5 Å². The highest BCUT2D eigenvalue weighted by atomic mass is 32.2. The maximum atomic E-state index is 13.6. The standard InChI is InChI=1S/C17H21N5O7S2/c1-7-12(22(16(27)28-7)29-8(2)23)14(25)17(21-11(5-31-17)15(19)26)13(24)10(18)3-9-4-30-6-20-9/h4,6-7,10-12,21H,3,5,18H2,1-2H3,(H2,19,26)/t7?,10-,11?,12?,17?/m0/s1. The molecular weight excluding hydrogens is 450 g/mol.